The van der Waals surface area contributed by atoms with Crippen LogP contribution in [0.4, 0.5) is 5.82 Å². The van der Waals surface area contributed by atoms with Gasteiger partial charge in [-0.1, -0.05) is 20.8 Å². The molecule has 1 atom stereocenters. The van der Waals surface area contributed by atoms with E-state index in [1.165, 1.54) is 0 Å². The Morgan fingerprint density at radius 2 is 2.00 bits per heavy atom. The molecule has 0 saturated carbocycles. The summed E-state index contributed by atoms with van der Waals surface area (Å²) in [4.78, 5) is 16.3. The molecular formula is C13H23N3O. The quantitative estimate of drug-likeness (QED) is 0.856. The molecule has 1 rings (SSSR count). The maximum absolute atomic E-state index is 12.1. The topological polar surface area (TPSA) is 46.9 Å². The van der Waals surface area contributed by atoms with Gasteiger partial charge in [0, 0.05) is 24.5 Å². The summed E-state index contributed by atoms with van der Waals surface area (Å²) in [6.07, 6.45) is 4.39. The summed E-state index contributed by atoms with van der Waals surface area (Å²) in [7, 11) is 0. The van der Waals surface area contributed by atoms with Crippen molar-refractivity contribution < 1.29 is 0 Å². The van der Waals surface area contributed by atoms with Crippen LogP contribution in [0.25, 0.3) is 0 Å². The first-order valence-corrected chi connectivity index (χ1v) is 6.31. The van der Waals surface area contributed by atoms with E-state index < -0.39 is 0 Å². The van der Waals surface area contributed by atoms with E-state index in [2.05, 4.69) is 31.1 Å². The molecule has 0 aromatic carbocycles. The lowest BCUT2D eigenvalue weighted by atomic mass is 10.0. The van der Waals surface area contributed by atoms with E-state index in [0.717, 1.165) is 6.42 Å². The van der Waals surface area contributed by atoms with E-state index in [1.807, 2.05) is 13.8 Å². The average Bonchev–Trinajstić information content (AvgIpc) is 2.26. The molecular weight excluding hydrogens is 214 g/mol. The van der Waals surface area contributed by atoms with Crippen LogP contribution < -0.4 is 10.9 Å². The highest BCUT2D eigenvalue weighted by molar-refractivity contribution is 5.32. The number of anilines is 1. The van der Waals surface area contributed by atoms with Gasteiger partial charge < -0.3 is 9.88 Å². The normalized spacial score (nSPS) is 13.1. The van der Waals surface area contributed by atoms with Crippen molar-refractivity contribution >= 4 is 5.82 Å². The Hall–Kier alpha value is -1.32. The van der Waals surface area contributed by atoms with E-state index in [0.29, 0.717) is 17.8 Å². The Morgan fingerprint density at radius 1 is 1.35 bits per heavy atom. The third kappa shape index (κ3) is 3.32. The van der Waals surface area contributed by atoms with Crippen LogP contribution in [-0.4, -0.2) is 15.6 Å². The van der Waals surface area contributed by atoms with Crippen LogP contribution in [-0.2, 0) is 0 Å². The van der Waals surface area contributed by atoms with Gasteiger partial charge >= 0.3 is 0 Å². The number of rotatable bonds is 5. The molecule has 96 valence electrons. The second kappa shape index (κ2) is 5.84. The highest BCUT2D eigenvalue weighted by atomic mass is 16.1. The molecule has 0 fully saturated rings. The number of hydrogen-bond acceptors (Lipinski definition) is 3. The molecule has 4 heteroatoms. The summed E-state index contributed by atoms with van der Waals surface area (Å²) in [6, 6.07) is 0.448. The van der Waals surface area contributed by atoms with E-state index >= 15 is 0 Å². The zero-order chi connectivity index (χ0) is 13.0. The third-order valence-corrected chi connectivity index (χ3v) is 2.99. The lowest BCUT2D eigenvalue weighted by Crippen LogP contribution is -2.32. The minimum absolute atomic E-state index is 0.0402. The van der Waals surface area contributed by atoms with Crippen molar-refractivity contribution in [1.82, 2.24) is 9.55 Å². The fraction of sp³-hybridized carbons (Fsp3) is 0.692. The predicted octanol–water partition coefficient (Wildman–Crippen LogP) is 2.67. The van der Waals surface area contributed by atoms with E-state index in [4.69, 9.17) is 0 Å². The van der Waals surface area contributed by atoms with Gasteiger partial charge in [-0.25, -0.2) is 4.98 Å². The molecule has 1 heterocycles. The minimum atomic E-state index is -0.0402. The van der Waals surface area contributed by atoms with Crippen molar-refractivity contribution in [3.05, 3.63) is 22.7 Å². The number of aromatic nitrogens is 2. The lowest BCUT2D eigenvalue weighted by molar-refractivity contribution is 0.506. The molecule has 0 radical (unpaired) electrons. The van der Waals surface area contributed by atoms with Crippen molar-refractivity contribution in [3.8, 4) is 0 Å². The molecule has 0 spiro atoms. The summed E-state index contributed by atoms with van der Waals surface area (Å²) < 4.78 is 1.70. The van der Waals surface area contributed by atoms with Crippen LogP contribution in [0.3, 0.4) is 0 Å². The van der Waals surface area contributed by atoms with Crippen LogP contribution in [0, 0.1) is 5.92 Å². The first-order chi connectivity index (χ1) is 7.97. The van der Waals surface area contributed by atoms with Gasteiger partial charge in [0.05, 0.1) is 0 Å². The standard InChI is InChI=1S/C13H23N3O/c1-6-11(9(2)3)15-12-13(17)16(10(4)5)8-7-14-12/h7-11H,6H2,1-5H3,(H,14,15). The zero-order valence-electron chi connectivity index (χ0n) is 11.4. The molecule has 1 N–H and O–H groups in total. The molecule has 17 heavy (non-hydrogen) atoms. The van der Waals surface area contributed by atoms with Crippen LogP contribution in [0.1, 0.15) is 47.1 Å². The van der Waals surface area contributed by atoms with Crippen molar-refractivity contribution in [2.45, 2.75) is 53.1 Å². The number of nitrogens with zero attached hydrogens (tertiary/aromatic N) is 2. The summed E-state index contributed by atoms with van der Waals surface area (Å²) in [5.41, 5.74) is -0.0402. The molecule has 0 aliphatic rings. The van der Waals surface area contributed by atoms with Crippen LogP contribution in [0.2, 0.25) is 0 Å². The molecule has 0 amide bonds. The second-order valence-electron chi connectivity index (χ2n) is 4.99. The smallest absolute Gasteiger partial charge is 0.293 e. The van der Waals surface area contributed by atoms with Gasteiger partial charge in [0.15, 0.2) is 5.82 Å². The highest BCUT2D eigenvalue weighted by Gasteiger charge is 2.14. The zero-order valence-corrected chi connectivity index (χ0v) is 11.4. The predicted molar refractivity (Wildman–Crippen MR) is 71.4 cm³/mol. The Kier molecular flexibility index (Phi) is 4.73. The van der Waals surface area contributed by atoms with Crippen molar-refractivity contribution in [2.75, 3.05) is 5.32 Å². The van der Waals surface area contributed by atoms with Crippen LogP contribution in [0.15, 0.2) is 17.2 Å². The Bertz CT molecular complexity index is 409. The summed E-state index contributed by atoms with van der Waals surface area (Å²) >= 11 is 0. The molecule has 1 aromatic heterocycles. The molecule has 4 nitrogen and oxygen atoms in total. The Morgan fingerprint density at radius 3 is 2.47 bits per heavy atom. The lowest BCUT2D eigenvalue weighted by Gasteiger charge is -2.21. The summed E-state index contributed by atoms with van der Waals surface area (Å²) in [5, 5.41) is 3.25. The van der Waals surface area contributed by atoms with Gasteiger partial charge in [-0.3, -0.25) is 4.79 Å². The maximum Gasteiger partial charge on any atom is 0.293 e. The monoisotopic (exact) mass is 237 g/mol. The molecule has 0 aliphatic heterocycles. The van der Waals surface area contributed by atoms with E-state index in [1.54, 1.807) is 17.0 Å². The van der Waals surface area contributed by atoms with Gasteiger partial charge in [0.1, 0.15) is 0 Å². The second-order valence-corrected chi connectivity index (χ2v) is 4.99. The van der Waals surface area contributed by atoms with Gasteiger partial charge in [-0.05, 0) is 26.2 Å². The van der Waals surface area contributed by atoms with E-state index in [9.17, 15) is 4.79 Å². The minimum Gasteiger partial charge on any atom is -0.362 e. The third-order valence-electron chi connectivity index (χ3n) is 2.99. The molecule has 1 unspecified atom stereocenters. The fourth-order valence-corrected chi connectivity index (χ4v) is 1.85. The average molecular weight is 237 g/mol. The molecule has 0 bridgehead atoms. The Labute approximate surface area is 103 Å². The van der Waals surface area contributed by atoms with Gasteiger partial charge in [0.2, 0.25) is 0 Å². The SMILES string of the molecule is CCC(Nc1nccn(C(C)C)c1=O)C(C)C. The molecule has 0 saturated heterocycles. The van der Waals surface area contributed by atoms with Crippen LogP contribution in [0.5, 0.6) is 0 Å². The molecule has 1 aromatic rings. The maximum atomic E-state index is 12.1. The first-order valence-electron chi connectivity index (χ1n) is 6.31. The van der Waals surface area contributed by atoms with Crippen molar-refractivity contribution in [2.24, 2.45) is 5.92 Å². The molecule has 0 aliphatic carbocycles. The highest BCUT2D eigenvalue weighted by Crippen LogP contribution is 2.10. The van der Waals surface area contributed by atoms with E-state index in [-0.39, 0.29) is 11.6 Å². The fourth-order valence-electron chi connectivity index (χ4n) is 1.85. The first kappa shape index (κ1) is 13.7. The number of hydrogen-bond donors (Lipinski definition) is 1. The Balaban J connectivity index is 2.99. The van der Waals surface area contributed by atoms with Crippen molar-refractivity contribution in [1.29, 1.82) is 0 Å². The van der Waals surface area contributed by atoms with Crippen LogP contribution >= 0.6 is 0 Å². The van der Waals surface area contributed by atoms with Crippen molar-refractivity contribution in [3.63, 3.8) is 0 Å². The number of nitrogens with one attached hydrogen (secondary N) is 1. The largest absolute Gasteiger partial charge is 0.362 e. The van der Waals surface area contributed by atoms with Gasteiger partial charge in [0.25, 0.3) is 5.56 Å². The summed E-state index contributed by atoms with van der Waals surface area (Å²) in [6.45, 7) is 10.4. The summed E-state index contributed by atoms with van der Waals surface area (Å²) in [5.74, 6) is 0.940. The van der Waals surface area contributed by atoms with Gasteiger partial charge in [-0.2, -0.15) is 0 Å². The van der Waals surface area contributed by atoms with Gasteiger partial charge in [-0.15, -0.1) is 0 Å².